The summed E-state index contributed by atoms with van der Waals surface area (Å²) in [5.74, 6) is 0.571. The maximum atomic E-state index is 12.7. The summed E-state index contributed by atoms with van der Waals surface area (Å²) in [7, 11) is 0. The molecule has 0 spiro atoms. The highest BCUT2D eigenvalue weighted by atomic mass is 19.4. The van der Waals surface area contributed by atoms with Gasteiger partial charge in [0.15, 0.2) is 0 Å². The molecular weight excluding hydrogens is 227 g/mol. The molecular formula is C13H16F3N. The summed E-state index contributed by atoms with van der Waals surface area (Å²) < 4.78 is 38.2. The van der Waals surface area contributed by atoms with Gasteiger partial charge in [0.2, 0.25) is 0 Å². The smallest absolute Gasteiger partial charge is 0.258 e. The molecule has 0 radical (unpaired) electrons. The Morgan fingerprint density at radius 3 is 2.41 bits per heavy atom. The molecule has 4 heteroatoms. The highest BCUT2D eigenvalue weighted by Gasteiger charge is 2.34. The molecule has 17 heavy (non-hydrogen) atoms. The van der Waals surface area contributed by atoms with E-state index in [0.29, 0.717) is 23.7 Å². The van der Waals surface area contributed by atoms with Crippen LogP contribution in [0.4, 0.5) is 13.2 Å². The second kappa shape index (κ2) is 4.31. The molecule has 0 saturated heterocycles. The monoisotopic (exact) mass is 243 g/mol. The Hall–Kier alpha value is -1.06. The van der Waals surface area contributed by atoms with E-state index in [2.05, 4.69) is 4.98 Å². The summed E-state index contributed by atoms with van der Waals surface area (Å²) in [5.41, 5.74) is 0.636. The third kappa shape index (κ3) is 3.20. The van der Waals surface area contributed by atoms with E-state index in [9.17, 15) is 13.2 Å². The number of aromatic nitrogens is 1. The van der Waals surface area contributed by atoms with Crippen LogP contribution in [0.2, 0.25) is 0 Å². The van der Waals surface area contributed by atoms with Crippen LogP contribution in [-0.4, -0.2) is 4.98 Å². The lowest BCUT2D eigenvalue weighted by molar-refractivity contribution is -0.137. The second-order valence-corrected chi connectivity index (χ2v) is 5.14. The Morgan fingerprint density at radius 1 is 1.29 bits per heavy atom. The fourth-order valence-corrected chi connectivity index (χ4v) is 1.89. The Kier molecular flexibility index (Phi) is 3.15. The van der Waals surface area contributed by atoms with E-state index in [1.54, 1.807) is 0 Å². The third-order valence-electron chi connectivity index (χ3n) is 2.84. The SMILES string of the molecule is CC(C)Cc1cc(C(F)(F)F)cc(C2CC2)n1. The molecule has 1 aliphatic rings. The van der Waals surface area contributed by atoms with E-state index in [-0.39, 0.29) is 5.92 Å². The first-order valence-electron chi connectivity index (χ1n) is 5.94. The summed E-state index contributed by atoms with van der Waals surface area (Å²) in [6.07, 6.45) is -1.73. The first-order chi connectivity index (χ1) is 7.86. The normalized spacial score (nSPS) is 16.6. The number of halogens is 3. The van der Waals surface area contributed by atoms with Gasteiger partial charge in [0.05, 0.1) is 5.56 Å². The minimum Gasteiger partial charge on any atom is -0.258 e. The van der Waals surface area contributed by atoms with Gasteiger partial charge in [-0.15, -0.1) is 0 Å². The van der Waals surface area contributed by atoms with Crippen molar-refractivity contribution in [1.82, 2.24) is 4.98 Å². The molecule has 1 aliphatic carbocycles. The van der Waals surface area contributed by atoms with Gasteiger partial charge in [-0.3, -0.25) is 4.98 Å². The van der Waals surface area contributed by atoms with Crippen LogP contribution in [0.5, 0.6) is 0 Å². The predicted octanol–water partition coefficient (Wildman–Crippen LogP) is 4.18. The molecule has 0 N–H and O–H groups in total. The summed E-state index contributed by atoms with van der Waals surface area (Å²) in [6, 6.07) is 2.40. The van der Waals surface area contributed by atoms with Gasteiger partial charge >= 0.3 is 6.18 Å². The molecule has 1 fully saturated rings. The van der Waals surface area contributed by atoms with Crippen molar-refractivity contribution >= 4 is 0 Å². The quantitative estimate of drug-likeness (QED) is 0.776. The summed E-state index contributed by atoms with van der Waals surface area (Å²) >= 11 is 0. The number of hydrogen-bond donors (Lipinski definition) is 0. The second-order valence-electron chi connectivity index (χ2n) is 5.14. The number of hydrogen-bond acceptors (Lipinski definition) is 1. The molecule has 0 unspecified atom stereocenters. The number of alkyl halides is 3. The maximum absolute atomic E-state index is 12.7. The standard InChI is InChI=1S/C13H16F3N/c1-8(2)5-11-6-10(13(14,15)16)7-12(17-11)9-3-4-9/h6-9H,3-5H2,1-2H3. The zero-order valence-electron chi connectivity index (χ0n) is 10.0. The number of nitrogens with zero attached hydrogens (tertiary/aromatic N) is 1. The molecule has 0 bridgehead atoms. The molecule has 1 aromatic rings. The van der Waals surface area contributed by atoms with Crippen molar-refractivity contribution in [2.75, 3.05) is 0 Å². The summed E-state index contributed by atoms with van der Waals surface area (Å²) in [6.45, 7) is 3.97. The molecule has 2 rings (SSSR count). The van der Waals surface area contributed by atoms with E-state index in [4.69, 9.17) is 0 Å². The molecule has 1 heterocycles. The third-order valence-corrected chi connectivity index (χ3v) is 2.84. The fourth-order valence-electron chi connectivity index (χ4n) is 1.89. The lowest BCUT2D eigenvalue weighted by atomic mass is 10.0. The van der Waals surface area contributed by atoms with Crippen molar-refractivity contribution in [1.29, 1.82) is 0 Å². The Labute approximate surface area is 99.1 Å². The van der Waals surface area contributed by atoms with Crippen molar-refractivity contribution in [3.05, 3.63) is 29.1 Å². The zero-order valence-corrected chi connectivity index (χ0v) is 10.0. The summed E-state index contributed by atoms with van der Waals surface area (Å²) in [5, 5.41) is 0. The first-order valence-corrected chi connectivity index (χ1v) is 5.94. The Balaban J connectivity index is 2.35. The van der Waals surface area contributed by atoms with Crippen LogP contribution >= 0.6 is 0 Å². The van der Waals surface area contributed by atoms with Crippen LogP contribution in [0, 0.1) is 5.92 Å². The van der Waals surface area contributed by atoms with Gasteiger partial charge in [-0.1, -0.05) is 13.8 Å². The van der Waals surface area contributed by atoms with E-state index >= 15 is 0 Å². The fraction of sp³-hybridized carbons (Fsp3) is 0.615. The molecule has 94 valence electrons. The van der Waals surface area contributed by atoms with Crippen LogP contribution in [0.3, 0.4) is 0 Å². The van der Waals surface area contributed by atoms with E-state index in [0.717, 1.165) is 12.8 Å². The van der Waals surface area contributed by atoms with Crippen molar-refractivity contribution < 1.29 is 13.2 Å². The van der Waals surface area contributed by atoms with Gasteiger partial charge in [0, 0.05) is 17.3 Å². The van der Waals surface area contributed by atoms with Gasteiger partial charge in [-0.05, 0) is 37.3 Å². The van der Waals surface area contributed by atoms with Gasteiger partial charge < -0.3 is 0 Å². The molecule has 1 saturated carbocycles. The topological polar surface area (TPSA) is 12.9 Å². The lowest BCUT2D eigenvalue weighted by Crippen LogP contribution is -2.09. The Bertz CT molecular complexity index is 406. The van der Waals surface area contributed by atoms with Gasteiger partial charge in [0.25, 0.3) is 0 Å². The molecule has 1 aromatic heterocycles. The van der Waals surface area contributed by atoms with E-state index in [1.165, 1.54) is 12.1 Å². The molecule has 0 aromatic carbocycles. The van der Waals surface area contributed by atoms with Crippen LogP contribution in [-0.2, 0) is 12.6 Å². The van der Waals surface area contributed by atoms with E-state index < -0.39 is 11.7 Å². The highest BCUT2D eigenvalue weighted by Crippen LogP contribution is 2.41. The zero-order chi connectivity index (χ0) is 12.6. The average molecular weight is 243 g/mol. The maximum Gasteiger partial charge on any atom is 0.416 e. The van der Waals surface area contributed by atoms with Crippen LogP contribution < -0.4 is 0 Å². The minimum atomic E-state index is -4.27. The predicted molar refractivity (Wildman–Crippen MR) is 59.8 cm³/mol. The summed E-state index contributed by atoms with van der Waals surface area (Å²) in [4.78, 5) is 4.35. The number of rotatable bonds is 3. The van der Waals surface area contributed by atoms with Gasteiger partial charge in [0.1, 0.15) is 0 Å². The molecule has 0 atom stereocenters. The number of pyridine rings is 1. The van der Waals surface area contributed by atoms with Crippen molar-refractivity contribution in [3.8, 4) is 0 Å². The van der Waals surface area contributed by atoms with E-state index in [1.807, 2.05) is 13.8 Å². The minimum absolute atomic E-state index is 0.253. The van der Waals surface area contributed by atoms with Crippen molar-refractivity contribution in [2.45, 2.75) is 45.2 Å². The van der Waals surface area contributed by atoms with Gasteiger partial charge in [-0.2, -0.15) is 13.2 Å². The lowest BCUT2D eigenvalue weighted by Gasteiger charge is -2.12. The van der Waals surface area contributed by atoms with Gasteiger partial charge in [-0.25, -0.2) is 0 Å². The van der Waals surface area contributed by atoms with Crippen LogP contribution in [0.1, 0.15) is 49.6 Å². The van der Waals surface area contributed by atoms with Crippen molar-refractivity contribution in [3.63, 3.8) is 0 Å². The molecule has 1 nitrogen and oxygen atoms in total. The largest absolute Gasteiger partial charge is 0.416 e. The molecule has 0 amide bonds. The first kappa shape index (κ1) is 12.4. The van der Waals surface area contributed by atoms with Crippen molar-refractivity contribution in [2.24, 2.45) is 5.92 Å². The molecule has 0 aliphatic heterocycles. The average Bonchev–Trinajstić information content (AvgIpc) is 2.97. The highest BCUT2D eigenvalue weighted by molar-refractivity contribution is 5.28. The Morgan fingerprint density at radius 2 is 1.94 bits per heavy atom. The van der Waals surface area contributed by atoms with Crippen LogP contribution in [0.15, 0.2) is 12.1 Å². The van der Waals surface area contributed by atoms with Crippen LogP contribution in [0.25, 0.3) is 0 Å².